The van der Waals surface area contributed by atoms with E-state index in [1.807, 2.05) is 49.9 Å². The summed E-state index contributed by atoms with van der Waals surface area (Å²) in [5, 5.41) is 14.5. The van der Waals surface area contributed by atoms with Crippen molar-refractivity contribution >= 4 is 17.3 Å². The van der Waals surface area contributed by atoms with Gasteiger partial charge < -0.3 is 10.2 Å². The smallest absolute Gasteiger partial charge is 0.353 e. The molecule has 1 heterocycles. The fourth-order valence-electron chi connectivity index (χ4n) is 2.31. The first-order valence-electron chi connectivity index (χ1n) is 7.60. The van der Waals surface area contributed by atoms with Crippen LogP contribution in [0.5, 0.6) is 0 Å². The van der Waals surface area contributed by atoms with Gasteiger partial charge >= 0.3 is 5.69 Å². The van der Waals surface area contributed by atoms with Gasteiger partial charge in [-0.3, -0.25) is 10.1 Å². The number of anilines is 2. The summed E-state index contributed by atoms with van der Waals surface area (Å²) >= 11 is 0. The predicted molar refractivity (Wildman–Crippen MR) is 90.8 cm³/mol. The van der Waals surface area contributed by atoms with E-state index in [1.165, 1.54) is 11.9 Å². The predicted octanol–water partition coefficient (Wildman–Crippen LogP) is 3.15. The Hall–Kier alpha value is -2.70. The molecule has 0 saturated carbocycles. The van der Waals surface area contributed by atoms with Crippen LogP contribution in [0, 0.1) is 17.0 Å². The normalized spacial score (nSPS) is 10.4. The van der Waals surface area contributed by atoms with Crippen LogP contribution in [0.3, 0.4) is 0 Å². The van der Waals surface area contributed by atoms with Gasteiger partial charge in [0, 0.05) is 19.6 Å². The van der Waals surface area contributed by atoms with Crippen LogP contribution >= 0.6 is 0 Å². The molecule has 0 saturated heterocycles. The molecule has 2 aromatic rings. The third-order valence-electron chi connectivity index (χ3n) is 3.63. The molecule has 1 N–H and O–H groups in total. The molecule has 0 aliphatic heterocycles. The number of aromatic nitrogens is 2. The monoisotopic (exact) mass is 315 g/mol. The molecule has 0 aliphatic rings. The van der Waals surface area contributed by atoms with Gasteiger partial charge in [-0.2, -0.15) is 0 Å². The van der Waals surface area contributed by atoms with Crippen molar-refractivity contribution in [3.05, 3.63) is 51.8 Å². The van der Waals surface area contributed by atoms with E-state index in [-0.39, 0.29) is 11.5 Å². The topological polar surface area (TPSA) is 84.2 Å². The molecule has 2 rings (SSSR count). The van der Waals surface area contributed by atoms with E-state index in [0.717, 1.165) is 5.56 Å². The Bertz CT molecular complexity index is 669. The van der Waals surface area contributed by atoms with Crippen molar-refractivity contribution in [3.63, 3.8) is 0 Å². The highest BCUT2D eigenvalue weighted by Crippen LogP contribution is 2.31. The summed E-state index contributed by atoms with van der Waals surface area (Å²) in [5.74, 6) is 0.592. The molecule has 0 unspecified atom stereocenters. The second-order valence-electron chi connectivity index (χ2n) is 5.16. The maximum absolute atomic E-state index is 11.5. The van der Waals surface area contributed by atoms with Crippen molar-refractivity contribution in [1.29, 1.82) is 0 Å². The average molecular weight is 315 g/mol. The van der Waals surface area contributed by atoms with Crippen molar-refractivity contribution in [2.24, 2.45) is 0 Å². The largest absolute Gasteiger partial charge is 0.360 e. The second kappa shape index (κ2) is 7.53. The van der Waals surface area contributed by atoms with Crippen LogP contribution < -0.4 is 10.2 Å². The van der Waals surface area contributed by atoms with E-state index in [1.54, 1.807) is 0 Å². The van der Waals surface area contributed by atoms with Crippen LogP contribution in [0.2, 0.25) is 0 Å². The first-order valence-corrected chi connectivity index (χ1v) is 7.60. The average Bonchev–Trinajstić information content (AvgIpc) is 2.55. The van der Waals surface area contributed by atoms with Gasteiger partial charge in [-0.15, -0.1) is 0 Å². The Balaban J connectivity index is 2.28. The van der Waals surface area contributed by atoms with Crippen molar-refractivity contribution in [3.8, 4) is 0 Å². The molecule has 7 heteroatoms. The fourth-order valence-corrected chi connectivity index (χ4v) is 2.31. The lowest BCUT2D eigenvalue weighted by Gasteiger charge is -2.20. The Morgan fingerprint density at radius 2 is 1.83 bits per heavy atom. The molecule has 7 nitrogen and oxygen atoms in total. The van der Waals surface area contributed by atoms with Gasteiger partial charge in [0.25, 0.3) is 0 Å². The lowest BCUT2D eigenvalue weighted by molar-refractivity contribution is -0.383. The molecule has 0 amide bonds. The number of rotatable bonds is 7. The highest BCUT2D eigenvalue weighted by molar-refractivity contribution is 5.70. The molecule has 23 heavy (non-hydrogen) atoms. The summed E-state index contributed by atoms with van der Waals surface area (Å²) in [6, 6.07) is 7.99. The van der Waals surface area contributed by atoms with Crippen molar-refractivity contribution in [2.75, 3.05) is 23.3 Å². The van der Waals surface area contributed by atoms with E-state index in [9.17, 15) is 10.1 Å². The Morgan fingerprint density at radius 1 is 1.17 bits per heavy atom. The van der Waals surface area contributed by atoms with Crippen LogP contribution in [-0.2, 0) is 6.54 Å². The van der Waals surface area contributed by atoms with Gasteiger partial charge in [0.15, 0.2) is 0 Å². The quantitative estimate of drug-likeness (QED) is 0.624. The van der Waals surface area contributed by atoms with Crippen LogP contribution in [0.25, 0.3) is 0 Å². The summed E-state index contributed by atoms with van der Waals surface area (Å²) < 4.78 is 0. The van der Waals surface area contributed by atoms with Crippen LogP contribution in [0.1, 0.15) is 25.0 Å². The Labute approximate surface area is 135 Å². The SMILES string of the molecule is CCN(CC)c1ncnc(NCc2ccc(C)cc2)c1[N+](=O)[O-]. The van der Waals surface area contributed by atoms with Gasteiger partial charge in [-0.1, -0.05) is 29.8 Å². The highest BCUT2D eigenvalue weighted by atomic mass is 16.6. The van der Waals surface area contributed by atoms with Crippen LogP contribution in [0.15, 0.2) is 30.6 Å². The third kappa shape index (κ3) is 3.94. The third-order valence-corrected chi connectivity index (χ3v) is 3.63. The molecule has 122 valence electrons. The first-order chi connectivity index (χ1) is 11.1. The zero-order valence-corrected chi connectivity index (χ0v) is 13.6. The minimum Gasteiger partial charge on any atom is -0.360 e. The van der Waals surface area contributed by atoms with Gasteiger partial charge in [0.1, 0.15) is 6.33 Å². The van der Waals surface area contributed by atoms with Crippen LogP contribution in [-0.4, -0.2) is 28.0 Å². The number of benzene rings is 1. The maximum atomic E-state index is 11.5. The Kier molecular flexibility index (Phi) is 5.46. The zero-order chi connectivity index (χ0) is 16.8. The molecule has 0 radical (unpaired) electrons. The molecule has 1 aromatic carbocycles. The second-order valence-corrected chi connectivity index (χ2v) is 5.16. The number of aryl methyl sites for hydroxylation is 1. The number of nitrogens with one attached hydrogen (secondary N) is 1. The summed E-state index contributed by atoms with van der Waals surface area (Å²) in [5.41, 5.74) is 2.13. The van der Waals surface area contributed by atoms with Crippen molar-refractivity contribution < 1.29 is 4.92 Å². The van der Waals surface area contributed by atoms with Gasteiger partial charge in [0.05, 0.1) is 4.92 Å². The van der Waals surface area contributed by atoms with Crippen molar-refractivity contribution in [1.82, 2.24) is 9.97 Å². The molecular formula is C16H21N5O2. The molecule has 0 spiro atoms. The number of hydrogen-bond acceptors (Lipinski definition) is 6. The van der Waals surface area contributed by atoms with Gasteiger partial charge in [-0.25, -0.2) is 9.97 Å². The summed E-state index contributed by atoms with van der Waals surface area (Å²) in [6.45, 7) is 7.65. The minimum absolute atomic E-state index is 0.0803. The van der Waals surface area contributed by atoms with E-state index >= 15 is 0 Å². The highest BCUT2D eigenvalue weighted by Gasteiger charge is 2.25. The lowest BCUT2D eigenvalue weighted by atomic mass is 10.1. The first kappa shape index (κ1) is 16.7. The summed E-state index contributed by atoms with van der Waals surface area (Å²) in [7, 11) is 0. The van der Waals surface area contributed by atoms with Gasteiger partial charge in [-0.05, 0) is 26.3 Å². The number of hydrogen-bond donors (Lipinski definition) is 1. The number of nitrogens with zero attached hydrogens (tertiary/aromatic N) is 4. The maximum Gasteiger partial charge on any atom is 0.353 e. The van der Waals surface area contributed by atoms with Crippen LogP contribution in [0.4, 0.5) is 17.3 Å². The summed E-state index contributed by atoms with van der Waals surface area (Å²) in [6.07, 6.45) is 1.36. The van der Waals surface area contributed by atoms with Gasteiger partial charge in [0.2, 0.25) is 11.6 Å². The molecule has 0 fully saturated rings. The Morgan fingerprint density at radius 3 is 2.39 bits per heavy atom. The fraction of sp³-hybridized carbons (Fsp3) is 0.375. The molecule has 0 aliphatic carbocycles. The number of nitro groups is 1. The van der Waals surface area contributed by atoms with Crippen molar-refractivity contribution in [2.45, 2.75) is 27.3 Å². The molecule has 0 bridgehead atoms. The van der Waals surface area contributed by atoms with E-state index in [2.05, 4.69) is 15.3 Å². The lowest BCUT2D eigenvalue weighted by Crippen LogP contribution is -2.24. The minimum atomic E-state index is -0.425. The molecule has 0 atom stereocenters. The zero-order valence-electron chi connectivity index (χ0n) is 13.6. The molecule has 1 aromatic heterocycles. The van der Waals surface area contributed by atoms with E-state index < -0.39 is 4.92 Å². The van der Waals surface area contributed by atoms with E-state index in [4.69, 9.17) is 0 Å². The summed E-state index contributed by atoms with van der Waals surface area (Å²) in [4.78, 5) is 21.1. The standard InChI is InChI=1S/C16H21N5O2/c1-4-20(5-2)16-14(21(22)23)15(18-11-19-16)17-10-13-8-6-12(3)7-9-13/h6-9,11H,4-5,10H2,1-3H3,(H,17,18,19). The molecular weight excluding hydrogens is 294 g/mol. The van der Waals surface area contributed by atoms with E-state index in [0.29, 0.717) is 25.5 Å².